The fourth-order valence-electron chi connectivity index (χ4n) is 4.10. The topological polar surface area (TPSA) is 20.3 Å². The molecule has 3 atom stereocenters. The van der Waals surface area contributed by atoms with Gasteiger partial charge in [0, 0.05) is 17.9 Å². The first-order valence-electron chi connectivity index (χ1n) is 7.14. The quantitative estimate of drug-likeness (QED) is 0.638. The number of carbonyl (C=O) groups is 1. The van der Waals surface area contributed by atoms with Crippen LogP contribution in [0.15, 0.2) is 0 Å². The van der Waals surface area contributed by atoms with Crippen LogP contribution >= 0.6 is 0 Å². The Balaban J connectivity index is 0.00000108. The average Bonchev–Trinajstić information content (AvgIpc) is 2.30. The number of nitrogens with zero attached hydrogens (tertiary/aromatic N) is 1. The Morgan fingerprint density at radius 3 is 2.41 bits per heavy atom. The van der Waals surface area contributed by atoms with E-state index in [9.17, 15) is 4.79 Å². The van der Waals surface area contributed by atoms with Gasteiger partial charge in [0.25, 0.3) is 0 Å². The van der Waals surface area contributed by atoms with Gasteiger partial charge in [0.1, 0.15) is 5.78 Å². The van der Waals surface area contributed by atoms with Gasteiger partial charge in [-0.25, -0.2) is 0 Å². The zero-order valence-electron chi connectivity index (χ0n) is 10.5. The van der Waals surface area contributed by atoms with E-state index in [2.05, 4.69) is 4.90 Å². The molecule has 0 N–H and O–H groups in total. The lowest BCUT2D eigenvalue weighted by Crippen LogP contribution is -3.00. The molecule has 1 saturated heterocycles. The van der Waals surface area contributed by atoms with Crippen LogP contribution in [-0.2, 0) is 4.79 Å². The monoisotopic (exact) mass is 256 g/mol. The summed E-state index contributed by atoms with van der Waals surface area (Å²) in [6, 6.07) is 0.615. The van der Waals surface area contributed by atoms with E-state index < -0.39 is 0 Å². The predicted octanol–water partition coefficient (Wildman–Crippen LogP) is -0.376. The fraction of sp³-hybridized carbons (Fsp3) is 0.929. The molecule has 0 aromatic heterocycles. The SMILES string of the molecule is O=C1C2CCCC1C(N1CCCCC1)CC2.[Cl-]. The molecule has 0 spiro atoms. The number of piperidine rings is 1. The van der Waals surface area contributed by atoms with Crippen molar-refractivity contribution in [3.05, 3.63) is 0 Å². The van der Waals surface area contributed by atoms with Gasteiger partial charge in [-0.3, -0.25) is 9.69 Å². The van der Waals surface area contributed by atoms with Crippen LogP contribution in [0.4, 0.5) is 0 Å². The minimum Gasteiger partial charge on any atom is -1.00 e. The molecule has 98 valence electrons. The number of likely N-dealkylation sites (tertiary alicyclic amines) is 1. The summed E-state index contributed by atoms with van der Waals surface area (Å²) in [6.45, 7) is 2.50. The molecule has 3 fully saturated rings. The first-order chi connectivity index (χ1) is 7.86. The summed E-state index contributed by atoms with van der Waals surface area (Å²) in [6.07, 6.45) is 10.2. The van der Waals surface area contributed by atoms with E-state index in [1.807, 2.05) is 0 Å². The molecule has 3 heteroatoms. The zero-order chi connectivity index (χ0) is 11.0. The maximum Gasteiger partial charge on any atom is 0.140 e. The van der Waals surface area contributed by atoms with Crippen molar-refractivity contribution in [2.24, 2.45) is 11.8 Å². The van der Waals surface area contributed by atoms with Gasteiger partial charge in [0.05, 0.1) is 0 Å². The molecule has 3 unspecified atom stereocenters. The Morgan fingerprint density at radius 2 is 1.65 bits per heavy atom. The second-order valence-electron chi connectivity index (χ2n) is 5.88. The maximum absolute atomic E-state index is 12.2. The van der Waals surface area contributed by atoms with Crippen molar-refractivity contribution >= 4 is 5.78 Å². The van der Waals surface area contributed by atoms with Crippen molar-refractivity contribution in [1.29, 1.82) is 0 Å². The summed E-state index contributed by atoms with van der Waals surface area (Å²) in [5.41, 5.74) is 0. The number of carbonyl (C=O) groups excluding carboxylic acids is 1. The first kappa shape index (κ1) is 13.4. The summed E-state index contributed by atoms with van der Waals surface area (Å²) in [4.78, 5) is 14.9. The van der Waals surface area contributed by atoms with Gasteiger partial charge in [0.15, 0.2) is 0 Å². The molecule has 0 amide bonds. The molecule has 2 bridgehead atoms. The van der Waals surface area contributed by atoms with Crippen LogP contribution in [0.3, 0.4) is 0 Å². The van der Waals surface area contributed by atoms with Crippen molar-refractivity contribution in [3.63, 3.8) is 0 Å². The van der Waals surface area contributed by atoms with Crippen LogP contribution in [0, 0.1) is 11.8 Å². The molecule has 0 aromatic rings. The molecule has 2 aliphatic carbocycles. The lowest BCUT2D eigenvalue weighted by Gasteiger charge is -2.45. The van der Waals surface area contributed by atoms with E-state index in [0.29, 0.717) is 23.7 Å². The number of Topliss-reactive ketones (excluding diaryl/α,β-unsaturated/α-hetero) is 1. The molecule has 1 aliphatic heterocycles. The summed E-state index contributed by atoms with van der Waals surface area (Å²) in [7, 11) is 0. The van der Waals surface area contributed by atoms with Crippen molar-refractivity contribution in [1.82, 2.24) is 4.90 Å². The Labute approximate surface area is 111 Å². The minimum atomic E-state index is 0. The van der Waals surface area contributed by atoms with E-state index in [1.165, 1.54) is 64.5 Å². The molecular formula is C14H23ClNO-. The third-order valence-corrected chi connectivity index (χ3v) is 4.97. The average molecular weight is 257 g/mol. The summed E-state index contributed by atoms with van der Waals surface area (Å²) in [5.74, 6) is 1.47. The van der Waals surface area contributed by atoms with E-state index in [1.54, 1.807) is 0 Å². The van der Waals surface area contributed by atoms with E-state index >= 15 is 0 Å². The largest absolute Gasteiger partial charge is 1.00 e. The molecule has 3 aliphatic rings. The fourth-order valence-corrected chi connectivity index (χ4v) is 4.10. The van der Waals surface area contributed by atoms with Gasteiger partial charge >= 0.3 is 0 Å². The van der Waals surface area contributed by atoms with Crippen LogP contribution < -0.4 is 12.4 Å². The van der Waals surface area contributed by atoms with Crippen molar-refractivity contribution in [2.75, 3.05) is 13.1 Å². The Morgan fingerprint density at radius 1 is 0.882 bits per heavy atom. The number of hydrogen-bond acceptors (Lipinski definition) is 2. The number of hydrogen-bond donors (Lipinski definition) is 0. The van der Waals surface area contributed by atoms with Crippen molar-refractivity contribution < 1.29 is 17.2 Å². The Hall–Kier alpha value is -0.0800. The van der Waals surface area contributed by atoms with E-state index in [-0.39, 0.29) is 12.4 Å². The number of rotatable bonds is 1. The summed E-state index contributed by atoms with van der Waals surface area (Å²) < 4.78 is 0. The number of halogens is 1. The highest BCUT2D eigenvalue weighted by atomic mass is 35.5. The van der Waals surface area contributed by atoms with Crippen LogP contribution in [-0.4, -0.2) is 29.8 Å². The summed E-state index contributed by atoms with van der Waals surface area (Å²) >= 11 is 0. The molecule has 1 heterocycles. The maximum atomic E-state index is 12.2. The zero-order valence-corrected chi connectivity index (χ0v) is 11.3. The van der Waals surface area contributed by atoms with Gasteiger partial charge in [-0.05, 0) is 51.6 Å². The molecule has 0 aromatic carbocycles. The normalized spacial score (nSPS) is 38.6. The second kappa shape index (κ2) is 5.71. The van der Waals surface area contributed by atoms with Crippen LogP contribution in [0.1, 0.15) is 51.4 Å². The van der Waals surface area contributed by atoms with Gasteiger partial charge in [0.2, 0.25) is 0 Å². The Kier molecular flexibility index (Phi) is 4.48. The first-order valence-corrected chi connectivity index (χ1v) is 7.14. The van der Waals surface area contributed by atoms with Gasteiger partial charge in [-0.15, -0.1) is 0 Å². The van der Waals surface area contributed by atoms with Gasteiger partial charge in [-0.1, -0.05) is 12.8 Å². The van der Waals surface area contributed by atoms with E-state index in [0.717, 1.165) is 0 Å². The molecule has 2 saturated carbocycles. The highest BCUT2D eigenvalue weighted by Gasteiger charge is 2.42. The van der Waals surface area contributed by atoms with Crippen LogP contribution in [0.25, 0.3) is 0 Å². The predicted molar refractivity (Wildman–Crippen MR) is 64.3 cm³/mol. The second-order valence-corrected chi connectivity index (χ2v) is 5.88. The standard InChI is InChI=1S/C14H23NO.ClH/c16-14-11-5-4-6-12(14)13(8-7-11)15-9-2-1-3-10-15;/h11-13H,1-10H2;1H/p-1. The lowest BCUT2D eigenvalue weighted by atomic mass is 9.68. The molecule has 2 nitrogen and oxygen atoms in total. The van der Waals surface area contributed by atoms with Gasteiger partial charge < -0.3 is 12.4 Å². The molecule has 17 heavy (non-hydrogen) atoms. The third kappa shape index (κ3) is 2.53. The van der Waals surface area contributed by atoms with Crippen molar-refractivity contribution in [2.45, 2.75) is 57.4 Å². The number of fused-ring (bicyclic) bond motifs is 2. The van der Waals surface area contributed by atoms with Crippen LogP contribution in [0.2, 0.25) is 0 Å². The highest BCUT2D eigenvalue weighted by molar-refractivity contribution is 5.85. The highest BCUT2D eigenvalue weighted by Crippen LogP contribution is 2.39. The molecular weight excluding hydrogens is 234 g/mol. The van der Waals surface area contributed by atoms with E-state index in [4.69, 9.17) is 0 Å². The minimum absolute atomic E-state index is 0. The van der Waals surface area contributed by atoms with Crippen LogP contribution in [0.5, 0.6) is 0 Å². The lowest BCUT2D eigenvalue weighted by molar-refractivity contribution is -0.136. The third-order valence-electron chi connectivity index (χ3n) is 4.97. The number of ketones is 1. The molecule has 3 rings (SSSR count). The summed E-state index contributed by atoms with van der Waals surface area (Å²) in [5, 5.41) is 0. The van der Waals surface area contributed by atoms with Gasteiger partial charge in [-0.2, -0.15) is 0 Å². The Bertz CT molecular complexity index is 275. The van der Waals surface area contributed by atoms with Crippen molar-refractivity contribution in [3.8, 4) is 0 Å². The molecule has 0 radical (unpaired) electrons. The smallest absolute Gasteiger partial charge is 0.140 e.